The largest absolute Gasteiger partial charge is 0.480 e. The van der Waals surface area contributed by atoms with E-state index in [1.165, 1.54) is 30.8 Å². The van der Waals surface area contributed by atoms with Crippen molar-refractivity contribution in [2.24, 2.45) is 0 Å². The van der Waals surface area contributed by atoms with E-state index in [0.29, 0.717) is 32.8 Å². The summed E-state index contributed by atoms with van der Waals surface area (Å²) in [6, 6.07) is 15.2. The van der Waals surface area contributed by atoms with Gasteiger partial charge < -0.3 is 9.84 Å². The molecule has 0 aromatic heterocycles. The van der Waals surface area contributed by atoms with Crippen molar-refractivity contribution < 1.29 is 23.1 Å². The van der Waals surface area contributed by atoms with E-state index in [1.54, 1.807) is 12.1 Å². The van der Waals surface area contributed by atoms with Gasteiger partial charge in [-0.25, -0.2) is 8.42 Å². The fourth-order valence-corrected chi connectivity index (χ4v) is 5.57. The highest BCUT2D eigenvalue weighted by atomic mass is 35.5. The van der Waals surface area contributed by atoms with Gasteiger partial charge in [0.05, 0.1) is 18.1 Å². The molecule has 1 heterocycles. The van der Waals surface area contributed by atoms with Crippen LogP contribution in [0.2, 0.25) is 0 Å². The molecule has 10 heteroatoms. The summed E-state index contributed by atoms with van der Waals surface area (Å²) in [6.45, 7) is 4.59. The van der Waals surface area contributed by atoms with E-state index >= 15 is 0 Å². The van der Waals surface area contributed by atoms with Crippen LogP contribution >= 0.6 is 24.2 Å². The molecule has 0 saturated carbocycles. The molecule has 7 nitrogen and oxygen atoms in total. The number of aliphatic carboxylic acids is 1. The number of morpholine rings is 1. The van der Waals surface area contributed by atoms with E-state index in [9.17, 15) is 18.3 Å². The predicted octanol–water partition coefficient (Wildman–Crippen LogP) is 3.06. The van der Waals surface area contributed by atoms with Gasteiger partial charge >= 0.3 is 5.97 Å². The van der Waals surface area contributed by atoms with Crippen LogP contribution in [-0.2, 0) is 19.6 Å². The van der Waals surface area contributed by atoms with E-state index in [4.69, 9.17) is 4.74 Å². The second kappa shape index (κ2) is 11.8. The zero-order valence-electron chi connectivity index (χ0n) is 17.2. The summed E-state index contributed by atoms with van der Waals surface area (Å²) >= 11 is 1.53. The third kappa shape index (κ3) is 6.93. The Morgan fingerprint density at radius 2 is 1.68 bits per heavy atom. The molecule has 1 aliphatic rings. The average Bonchev–Trinajstić information content (AvgIpc) is 2.75. The van der Waals surface area contributed by atoms with Gasteiger partial charge in [-0.05, 0) is 43.3 Å². The van der Waals surface area contributed by atoms with Crippen LogP contribution in [0.4, 0.5) is 0 Å². The van der Waals surface area contributed by atoms with Crippen molar-refractivity contribution >= 4 is 40.2 Å². The number of carboxylic acid groups (broad SMARTS) is 1. The lowest BCUT2D eigenvalue weighted by atomic mass is 10.3. The molecule has 1 saturated heterocycles. The van der Waals surface area contributed by atoms with E-state index in [2.05, 4.69) is 4.90 Å². The normalized spacial score (nSPS) is 15.9. The second-order valence-corrected chi connectivity index (χ2v) is 10.0. The third-order valence-corrected chi connectivity index (χ3v) is 7.94. The first-order valence-electron chi connectivity index (χ1n) is 9.75. The van der Waals surface area contributed by atoms with E-state index in [-0.39, 0.29) is 23.8 Å². The number of benzene rings is 2. The summed E-state index contributed by atoms with van der Waals surface area (Å²) in [5.41, 5.74) is 0. The van der Waals surface area contributed by atoms with Crippen molar-refractivity contribution in [3.8, 4) is 0 Å². The maximum Gasteiger partial charge on any atom is 0.321 e. The number of carboxylic acids is 1. The molecule has 0 unspecified atom stereocenters. The number of ether oxygens (including phenoxy) is 1. The lowest BCUT2D eigenvalue weighted by Gasteiger charge is -2.31. The van der Waals surface area contributed by atoms with Crippen molar-refractivity contribution in [2.45, 2.75) is 27.7 Å². The van der Waals surface area contributed by atoms with Gasteiger partial charge in [0.25, 0.3) is 0 Å². The summed E-state index contributed by atoms with van der Waals surface area (Å²) in [7, 11) is -3.95. The van der Waals surface area contributed by atoms with Crippen molar-refractivity contribution in [3.05, 3.63) is 54.6 Å². The molecule has 2 aromatic rings. The Morgan fingerprint density at radius 3 is 2.26 bits per heavy atom. The molecule has 1 N–H and O–H groups in total. The van der Waals surface area contributed by atoms with Crippen LogP contribution in [0.5, 0.6) is 0 Å². The molecule has 1 aliphatic heterocycles. The topological polar surface area (TPSA) is 87.2 Å². The molecule has 0 amide bonds. The minimum atomic E-state index is -3.95. The van der Waals surface area contributed by atoms with Gasteiger partial charge in [-0.2, -0.15) is 4.31 Å². The zero-order valence-corrected chi connectivity index (χ0v) is 19.7. The van der Waals surface area contributed by atoms with Crippen molar-refractivity contribution in [2.75, 3.05) is 39.4 Å². The van der Waals surface area contributed by atoms with Gasteiger partial charge in [-0.15, -0.1) is 12.4 Å². The summed E-state index contributed by atoms with van der Waals surface area (Å²) < 4.78 is 32.9. The van der Waals surface area contributed by atoms with Crippen LogP contribution in [0.3, 0.4) is 0 Å². The predicted molar refractivity (Wildman–Crippen MR) is 123 cm³/mol. The van der Waals surface area contributed by atoms with Crippen molar-refractivity contribution in [3.63, 3.8) is 0 Å². The summed E-state index contributed by atoms with van der Waals surface area (Å²) in [6.07, 6.45) is 0. The Balaban J connectivity index is 0.00000341. The van der Waals surface area contributed by atoms with Gasteiger partial charge in [-0.3, -0.25) is 9.69 Å². The Morgan fingerprint density at radius 1 is 1.10 bits per heavy atom. The van der Waals surface area contributed by atoms with Crippen LogP contribution in [-0.4, -0.2) is 74.1 Å². The van der Waals surface area contributed by atoms with E-state index in [0.717, 1.165) is 14.1 Å². The maximum absolute atomic E-state index is 13.2. The standard InChI is InChI=1S/C21H26N2O5S2.ClH/c1-17(21(24)25)23(12-11-22-13-15-28-16-14-22)30(26,27)20-9-7-19(8-10-20)29-18-5-3-2-4-6-18;/h2-10,17H,11-16H2,1H3,(H,24,25);1H/t17-;/m1./s1. The number of nitrogens with zero attached hydrogens (tertiary/aromatic N) is 2. The smallest absolute Gasteiger partial charge is 0.321 e. The lowest BCUT2D eigenvalue weighted by Crippen LogP contribution is -2.48. The van der Waals surface area contributed by atoms with Gasteiger partial charge in [0.15, 0.2) is 0 Å². The van der Waals surface area contributed by atoms with Crippen molar-refractivity contribution in [1.29, 1.82) is 0 Å². The highest BCUT2D eigenvalue weighted by Gasteiger charge is 2.33. The van der Waals surface area contributed by atoms with Crippen LogP contribution in [0, 0.1) is 0 Å². The molecule has 0 radical (unpaired) electrons. The summed E-state index contributed by atoms with van der Waals surface area (Å²) in [5, 5.41) is 9.46. The highest BCUT2D eigenvalue weighted by molar-refractivity contribution is 7.99. The van der Waals surface area contributed by atoms with E-state index in [1.807, 2.05) is 30.3 Å². The Bertz CT molecular complexity index is 936. The number of rotatable bonds is 9. The Labute approximate surface area is 193 Å². The quantitative estimate of drug-likeness (QED) is 0.582. The van der Waals surface area contributed by atoms with Gasteiger partial charge in [0, 0.05) is 36.0 Å². The first-order chi connectivity index (χ1) is 14.4. The number of hydrogen-bond acceptors (Lipinski definition) is 6. The zero-order chi connectivity index (χ0) is 21.6. The highest BCUT2D eigenvalue weighted by Crippen LogP contribution is 2.29. The van der Waals surface area contributed by atoms with Gasteiger partial charge in [0.1, 0.15) is 6.04 Å². The monoisotopic (exact) mass is 486 g/mol. The summed E-state index contributed by atoms with van der Waals surface area (Å²) in [5.74, 6) is -1.17. The fourth-order valence-electron chi connectivity index (χ4n) is 3.15. The number of hydrogen-bond donors (Lipinski definition) is 1. The Kier molecular flexibility index (Phi) is 9.80. The molecule has 31 heavy (non-hydrogen) atoms. The van der Waals surface area contributed by atoms with Crippen LogP contribution in [0.1, 0.15) is 6.92 Å². The fraction of sp³-hybridized carbons (Fsp3) is 0.381. The molecule has 0 aliphatic carbocycles. The molecule has 1 atom stereocenters. The molecule has 0 spiro atoms. The summed E-state index contributed by atoms with van der Waals surface area (Å²) in [4.78, 5) is 15.7. The number of halogens is 1. The molecule has 1 fully saturated rings. The minimum absolute atomic E-state index is 0. The Hall–Kier alpha value is -1.62. The molecule has 2 aromatic carbocycles. The SMILES string of the molecule is C[C@H](C(=O)O)N(CCN1CCOCC1)S(=O)(=O)c1ccc(Sc2ccccc2)cc1.Cl. The molecular formula is C21H27ClN2O5S2. The molecule has 0 bridgehead atoms. The van der Waals surface area contributed by atoms with Gasteiger partial charge in [-0.1, -0.05) is 30.0 Å². The number of sulfonamides is 1. The maximum atomic E-state index is 13.2. The van der Waals surface area contributed by atoms with Crippen LogP contribution in [0.25, 0.3) is 0 Å². The second-order valence-electron chi connectivity index (χ2n) is 6.97. The lowest BCUT2D eigenvalue weighted by molar-refractivity contribution is -0.141. The van der Waals surface area contributed by atoms with E-state index < -0.39 is 22.0 Å². The van der Waals surface area contributed by atoms with Crippen molar-refractivity contribution in [1.82, 2.24) is 9.21 Å². The van der Waals surface area contributed by atoms with Gasteiger partial charge in [0.2, 0.25) is 10.0 Å². The first kappa shape index (κ1) is 25.6. The average molecular weight is 487 g/mol. The first-order valence-corrected chi connectivity index (χ1v) is 12.0. The third-order valence-electron chi connectivity index (χ3n) is 4.94. The number of carbonyl (C=O) groups is 1. The molecular weight excluding hydrogens is 460 g/mol. The minimum Gasteiger partial charge on any atom is -0.480 e. The molecule has 3 rings (SSSR count). The molecule has 170 valence electrons. The van der Waals surface area contributed by atoms with Crippen LogP contribution in [0.15, 0.2) is 69.3 Å². The van der Waals surface area contributed by atoms with Crippen LogP contribution < -0.4 is 0 Å².